The van der Waals surface area contributed by atoms with Crippen LogP contribution in [0.5, 0.6) is 0 Å². The minimum Gasteiger partial charge on any atom is -0.388 e. The number of hydrogen-bond acceptors (Lipinski definition) is 3. The second-order valence-corrected chi connectivity index (χ2v) is 5.62. The van der Waals surface area contributed by atoms with Gasteiger partial charge >= 0.3 is 0 Å². The van der Waals surface area contributed by atoms with E-state index in [1.807, 2.05) is 13.8 Å². The van der Waals surface area contributed by atoms with Gasteiger partial charge < -0.3 is 10.4 Å². The highest BCUT2D eigenvalue weighted by atomic mass is 32.2. The molecular formula is C14H19F2NO2S. The zero-order valence-electron chi connectivity index (χ0n) is 11.6. The second-order valence-electron chi connectivity index (χ2n) is 4.57. The summed E-state index contributed by atoms with van der Waals surface area (Å²) in [6.07, 6.45) is 1.11. The van der Waals surface area contributed by atoms with Crippen molar-refractivity contribution in [2.24, 2.45) is 0 Å². The quantitative estimate of drug-likeness (QED) is 0.762. The fourth-order valence-corrected chi connectivity index (χ4v) is 2.28. The molecule has 1 aromatic rings. The van der Waals surface area contributed by atoms with Crippen LogP contribution in [-0.2, 0) is 4.79 Å². The standard InChI is InChI=1S/C14H19F2NO2S/c1-3-14(19,4-2)9-17-13(18)8-20-10-5-6-11(15)12(16)7-10/h5-7,19H,3-4,8-9H2,1-2H3,(H,17,18). The first kappa shape index (κ1) is 16.9. The molecule has 0 fully saturated rings. The minimum absolute atomic E-state index is 0.0918. The summed E-state index contributed by atoms with van der Waals surface area (Å²) < 4.78 is 25.7. The Bertz CT molecular complexity index is 464. The lowest BCUT2D eigenvalue weighted by Gasteiger charge is -2.25. The first-order chi connectivity index (χ1) is 9.40. The number of benzene rings is 1. The van der Waals surface area contributed by atoms with Crippen LogP contribution in [0.4, 0.5) is 8.78 Å². The van der Waals surface area contributed by atoms with Gasteiger partial charge in [0, 0.05) is 11.4 Å². The van der Waals surface area contributed by atoms with Crippen LogP contribution in [0.1, 0.15) is 26.7 Å². The lowest BCUT2D eigenvalue weighted by atomic mass is 9.98. The Balaban J connectivity index is 2.42. The number of amides is 1. The Morgan fingerprint density at radius 3 is 2.50 bits per heavy atom. The van der Waals surface area contributed by atoms with Crippen molar-refractivity contribution in [1.29, 1.82) is 0 Å². The van der Waals surface area contributed by atoms with Gasteiger partial charge in [0.2, 0.25) is 5.91 Å². The zero-order chi connectivity index (χ0) is 15.2. The van der Waals surface area contributed by atoms with Gasteiger partial charge in [-0.3, -0.25) is 4.79 Å². The lowest BCUT2D eigenvalue weighted by molar-refractivity contribution is -0.119. The van der Waals surface area contributed by atoms with E-state index >= 15 is 0 Å². The number of halogens is 2. The fraction of sp³-hybridized carbons (Fsp3) is 0.500. The molecule has 0 saturated heterocycles. The summed E-state index contributed by atoms with van der Waals surface area (Å²) in [4.78, 5) is 12.1. The molecule has 112 valence electrons. The zero-order valence-corrected chi connectivity index (χ0v) is 12.4. The van der Waals surface area contributed by atoms with Gasteiger partial charge in [0.15, 0.2) is 11.6 Å². The Morgan fingerprint density at radius 1 is 1.30 bits per heavy atom. The van der Waals surface area contributed by atoms with E-state index in [2.05, 4.69) is 5.32 Å². The highest BCUT2D eigenvalue weighted by molar-refractivity contribution is 8.00. The van der Waals surface area contributed by atoms with Crippen LogP contribution in [-0.4, -0.2) is 28.9 Å². The maximum Gasteiger partial charge on any atom is 0.230 e. The highest BCUT2D eigenvalue weighted by Gasteiger charge is 2.22. The third-order valence-electron chi connectivity index (χ3n) is 3.19. The number of carbonyl (C=O) groups excluding carboxylic acids is 1. The molecular weight excluding hydrogens is 284 g/mol. The number of aliphatic hydroxyl groups is 1. The molecule has 3 nitrogen and oxygen atoms in total. The topological polar surface area (TPSA) is 49.3 Å². The van der Waals surface area contributed by atoms with Crippen molar-refractivity contribution >= 4 is 17.7 Å². The normalized spacial score (nSPS) is 11.4. The van der Waals surface area contributed by atoms with E-state index in [4.69, 9.17) is 0 Å². The SMILES string of the molecule is CCC(O)(CC)CNC(=O)CSc1ccc(F)c(F)c1. The molecule has 0 atom stereocenters. The molecule has 0 aliphatic heterocycles. The van der Waals surface area contributed by atoms with Crippen molar-refractivity contribution in [1.82, 2.24) is 5.32 Å². The Morgan fingerprint density at radius 2 is 1.95 bits per heavy atom. The monoisotopic (exact) mass is 303 g/mol. The summed E-state index contributed by atoms with van der Waals surface area (Å²) in [5.41, 5.74) is -0.887. The number of hydrogen-bond donors (Lipinski definition) is 2. The van der Waals surface area contributed by atoms with Crippen LogP contribution in [0.3, 0.4) is 0 Å². The third-order valence-corrected chi connectivity index (χ3v) is 4.19. The summed E-state index contributed by atoms with van der Waals surface area (Å²) in [5.74, 6) is -1.99. The van der Waals surface area contributed by atoms with Gasteiger partial charge in [0.25, 0.3) is 0 Å². The smallest absolute Gasteiger partial charge is 0.230 e. The van der Waals surface area contributed by atoms with Crippen LogP contribution in [0.25, 0.3) is 0 Å². The van der Waals surface area contributed by atoms with E-state index in [-0.39, 0.29) is 18.2 Å². The van der Waals surface area contributed by atoms with Gasteiger partial charge in [0.1, 0.15) is 0 Å². The van der Waals surface area contributed by atoms with Gasteiger partial charge in [0.05, 0.1) is 11.4 Å². The minimum atomic E-state index is -0.929. The van der Waals surface area contributed by atoms with Crippen molar-refractivity contribution in [3.8, 4) is 0 Å². The molecule has 1 aromatic carbocycles. The Labute approximate surface area is 121 Å². The highest BCUT2D eigenvalue weighted by Crippen LogP contribution is 2.20. The fourth-order valence-electron chi connectivity index (χ4n) is 1.53. The molecule has 0 radical (unpaired) electrons. The van der Waals surface area contributed by atoms with Crippen molar-refractivity contribution in [2.45, 2.75) is 37.2 Å². The van der Waals surface area contributed by atoms with Gasteiger partial charge in [-0.15, -0.1) is 11.8 Å². The van der Waals surface area contributed by atoms with Crippen molar-refractivity contribution in [3.05, 3.63) is 29.8 Å². The van der Waals surface area contributed by atoms with Gasteiger partial charge in [-0.1, -0.05) is 13.8 Å². The summed E-state index contributed by atoms with van der Waals surface area (Å²) >= 11 is 1.12. The van der Waals surface area contributed by atoms with Crippen LogP contribution >= 0.6 is 11.8 Å². The molecule has 0 aliphatic carbocycles. The molecule has 0 spiro atoms. The van der Waals surface area contributed by atoms with Gasteiger partial charge in [-0.05, 0) is 31.0 Å². The molecule has 0 aliphatic rings. The largest absolute Gasteiger partial charge is 0.388 e. The number of nitrogens with one attached hydrogen (secondary N) is 1. The third kappa shape index (κ3) is 5.09. The maximum atomic E-state index is 13.0. The summed E-state index contributed by atoms with van der Waals surface area (Å²) in [6.45, 7) is 3.90. The van der Waals surface area contributed by atoms with Crippen LogP contribution in [0, 0.1) is 11.6 Å². The lowest BCUT2D eigenvalue weighted by Crippen LogP contribution is -2.42. The number of thioether (sulfide) groups is 1. The predicted molar refractivity (Wildman–Crippen MR) is 75.6 cm³/mol. The number of carbonyl (C=O) groups is 1. The summed E-state index contributed by atoms with van der Waals surface area (Å²) in [7, 11) is 0. The average Bonchev–Trinajstić information content (AvgIpc) is 2.46. The molecule has 0 saturated carbocycles. The van der Waals surface area contributed by atoms with Gasteiger partial charge in [-0.25, -0.2) is 8.78 Å². The van der Waals surface area contributed by atoms with Crippen LogP contribution in [0.15, 0.2) is 23.1 Å². The van der Waals surface area contributed by atoms with Crippen molar-refractivity contribution in [3.63, 3.8) is 0 Å². The molecule has 20 heavy (non-hydrogen) atoms. The summed E-state index contributed by atoms with van der Waals surface area (Å²) in [6, 6.07) is 3.51. The Kier molecular flexibility index (Phi) is 6.42. The summed E-state index contributed by atoms with van der Waals surface area (Å²) in [5, 5.41) is 12.7. The van der Waals surface area contributed by atoms with E-state index in [1.165, 1.54) is 6.07 Å². The first-order valence-electron chi connectivity index (χ1n) is 6.47. The molecule has 1 amide bonds. The predicted octanol–water partition coefficient (Wildman–Crippen LogP) is 2.72. The Hall–Kier alpha value is -1.14. The van der Waals surface area contributed by atoms with E-state index in [0.29, 0.717) is 17.7 Å². The van der Waals surface area contributed by atoms with E-state index in [0.717, 1.165) is 23.9 Å². The molecule has 0 aromatic heterocycles. The molecule has 1 rings (SSSR count). The molecule has 0 heterocycles. The second kappa shape index (κ2) is 7.59. The van der Waals surface area contributed by atoms with E-state index < -0.39 is 17.2 Å². The maximum absolute atomic E-state index is 13.0. The molecule has 0 unspecified atom stereocenters. The average molecular weight is 303 g/mol. The molecule has 0 bridgehead atoms. The first-order valence-corrected chi connectivity index (χ1v) is 7.45. The van der Waals surface area contributed by atoms with E-state index in [9.17, 15) is 18.7 Å². The number of rotatable bonds is 7. The van der Waals surface area contributed by atoms with Crippen LogP contribution < -0.4 is 5.32 Å². The van der Waals surface area contributed by atoms with Gasteiger partial charge in [-0.2, -0.15) is 0 Å². The van der Waals surface area contributed by atoms with Crippen molar-refractivity contribution in [2.75, 3.05) is 12.3 Å². The molecule has 6 heteroatoms. The molecule has 2 N–H and O–H groups in total. The van der Waals surface area contributed by atoms with E-state index in [1.54, 1.807) is 0 Å². The van der Waals surface area contributed by atoms with Crippen LogP contribution in [0.2, 0.25) is 0 Å². The van der Waals surface area contributed by atoms with Crippen molar-refractivity contribution < 1.29 is 18.7 Å².